The van der Waals surface area contributed by atoms with Crippen LogP contribution in [0.1, 0.15) is 5.56 Å². The van der Waals surface area contributed by atoms with Gasteiger partial charge >= 0.3 is 6.01 Å². The lowest BCUT2D eigenvalue weighted by Gasteiger charge is -2.18. The molecule has 7 nitrogen and oxygen atoms in total. The minimum absolute atomic E-state index is 0.0642. The van der Waals surface area contributed by atoms with Crippen LogP contribution in [0.25, 0.3) is 10.9 Å². The van der Waals surface area contributed by atoms with Crippen molar-refractivity contribution >= 4 is 22.4 Å². The second-order valence-electron chi connectivity index (χ2n) is 6.07. The van der Waals surface area contributed by atoms with E-state index in [1.807, 2.05) is 61.5 Å². The van der Waals surface area contributed by atoms with E-state index < -0.39 is 0 Å². The number of rotatable bonds is 4. The largest absolute Gasteiger partial charge is 0.493 e. The molecule has 4 rings (SSSR count). The summed E-state index contributed by atoms with van der Waals surface area (Å²) >= 11 is 0. The molecule has 0 aliphatic carbocycles. The number of fused-ring (bicyclic) bond motifs is 1. The highest BCUT2D eigenvalue weighted by molar-refractivity contribution is 5.82. The molecule has 0 aliphatic heterocycles. The monoisotopic (exact) mass is 359 g/mol. The summed E-state index contributed by atoms with van der Waals surface area (Å²) in [5.41, 5.74) is 2.59. The van der Waals surface area contributed by atoms with E-state index >= 15 is 0 Å². The Hall–Kier alpha value is -3.74. The maximum atomic E-state index is 10.0. The van der Waals surface area contributed by atoms with Gasteiger partial charge in [-0.05, 0) is 48.9 Å². The Balaban J connectivity index is 1.55. The molecule has 3 heterocycles. The molecule has 27 heavy (non-hydrogen) atoms. The van der Waals surface area contributed by atoms with Crippen molar-refractivity contribution in [3.05, 3.63) is 66.6 Å². The highest BCUT2D eigenvalue weighted by Gasteiger charge is 2.10. The van der Waals surface area contributed by atoms with Crippen molar-refractivity contribution in [3.63, 3.8) is 0 Å². The van der Waals surface area contributed by atoms with Crippen LogP contribution in [0.15, 0.2) is 61.1 Å². The minimum Gasteiger partial charge on any atom is -0.493 e. The molecule has 0 amide bonds. The van der Waals surface area contributed by atoms with Crippen molar-refractivity contribution in [2.24, 2.45) is 0 Å². The summed E-state index contributed by atoms with van der Waals surface area (Å²) in [4.78, 5) is 18.7. The summed E-state index contributed by atoms with van der Waals surface area (Å²) in [6.45, 7) is 2.01. The van der Waals surface area contributed by atoms with E-state index in [4.69, 9.17) is 4.74 Å². The van der Waals surface area contributed by atoms with E-state index in [-0.39, 0.29) is 11.9 Å². The Morgan fingerprint density at radius 1 is 0.963 bits per heavy atom. The second kappa shape index (κ2) is 6.87. The Morgan fingerprint density at radius 2 is 1.78 bits per heavy atom. The average Bonchev–Trinajstić information content (AvgIpc) is 2.69. The Bertz CT molecular complexity index is 1080. The summed E-state index contributed by atoms with van der Waals surface area (Å²) in [6.07, 6.45) is 4.96. The lowest BCUT2D eigenvalue weighted by atomic mass is 10.2. The third kappa shape index (κ3) is 3.48. The molecule has 0 fully saturated rings. The molecule has 0 spiro atoms. The van der Waals surface area contributed by atoms with E-state index in [1.54, 1.807) is 18.5 Å². The molecule has 0 saturated heterocycles. The van der Waals surface area contributed by atoms with Gasteiger partial charge in [0.1, 0.15) is 11.6 Å². The minimum atomic E-state index is -0.140. The quantitative estimate of drug-likeness (QED) is 0.589. The van der Waals surface area contributed by atoms with E-state index in [0.29, 0.717) is 16.7 Å². The van der Waals surface area contributed by atoms with Crippen molar-refractivity contribution in [2.75, 3.05) is 11.9 Å². The number of pyridine rings is 2. The Morgan fingerprint density at radius 3 is 2.52 bits per heavy atom. The number of benzene rings is 1. The highest BCUT2D eigenvalue weighted by Crippen LogP contribution is 2.28. The molecule has 0 atom stereocenters. The second-order valence-corrected chi connectivity index (χ2v) is 6.07. The third-order valence-corrected chi connectivity index (χ3v) is 4.13. The molecule has 4 aromatic rings. The molecule has 0 bridgehead atoms. The topological polar surface area (TPSA) is 84.3 Å². The maximum absolute atomic E-state index is 10.0. The molecule has 0 saturated carbocycles. The Kier molecular flexibility index (Phi) is 4.25. The molecule has 1 N–H and O–H groups in total. The lowest BCUT2D eigenvalue weighted by Crippen LogP contribution is -2.10. The first-order chi connectivity index (χ1) is 13.1. The number of aromatic nitrogens is 4. The number of hydrogen-bond donors (Lipinski definition) is 1. The summed E-state index contributed by atoms with van der Waals surface area (Å²) in [7, 11) is 1.95. The summed E-state index contributed by atoms with van der Waals surface area (Å²) in [6, 6.07) is 13.2. The fraction of sp³-hybridized carbons (Fsp3) is 0.100. The summed E-state index contributed by atoms with van der Waals surface area (Å²) in [5, 5.41) is 10.5. The molecule has 0 aliphatic rings. The molecule has 3 aromatic heterocycles. The van der Waals surface area contributed by atoms with Gasteiger partial charge < -0.3 is 14.7 Å². The third-order valence-electron chi connectivity index (χ3n) is 4.13. The predicted octanol–water partition coefficient (Wildman–Crippen LogP) is 3.99. The molecule has 134 valence electrons. The average molecular weight is 359 g/mol. The first kappa shape index (κ1) is 16.7. The number of nitrogens with zero attached hydrogens (tertiary/aromatic N) is 5. The fourth-order valence-electron chi connectivity index (χ4n) is 2.62. The van der Waals surface area contributed by atoms with Crippen LogP contribution < -0.4 is 9.64 Å². The van der Waals surface area contributed by atoms with Crippen LogP contribution in [0.5, 0.6) is 17.6 Å². The van der Waals surface area contributed by atoms with Crippen molar-refractivity contribution in [2.45, 2.75) is 6.92 Å². The van der Waals surface area contributed by atoms with Crippen molar-refractivity contribution in [3.8, 4) is 17.6 Å². The molecule has 0 unspecified atom stereocenters. The van der Waals surface area contributed by atoms with Gasteiger partial charge in [0.05, 0.1) is 17.1 Å². The van der Waals surface area contributed by atoms with Gasteiger partial charge in [0.15, 0.2) is 0 Å². The van der Waals surface area contributed by atoms with Crippen LogP contribution in [-0.4, -0.2) is 32.1 Å². The van der Waals surface area contributed by atoms with Gasteiger partial charge in [-0.3, -0.25) is 4.98 Å². The summed E-state index contributed by atoms with van der Waals surface area (Å²) < 4.78 is 5.68. The van der Waals surface area contributed by atoms with Crippen molar-refractivity contribution in [1.29, 1.82) is 0 Å². The normalized spacial score (nSPS) is 10.7. The SMILES string of the molecule is Cc1ccc(N(C)c2ccc(Oc3nc(O)c4ccncc4n3)cc2)nc1. The van der Waals surface area contributed by atoms with E-state index in [1.165, 1.54) is 0 Å². The number of hydrogen-bond acceptors (Lipinski definition) is 7. The zero-order chi connectivity index (χ0) is 18.8. The van der Waals surface area contributed by atoms with Gasteiger partial charge in [-0.1, -0.05) is 6.07 Å². The van der Waals surface area contributed by atoms with Crippen molar-refractivity contribution < 1.29 is 9.84 Å². The van der Waals surface area contributed by atoms with Gasteiger partial charge in [-0.2, -0.15) is 9.97 Å². The molecule has 0 radical (unpaired) electrons. The lowest BCUT2D eigenvalue weighted by molar-refractivity contribution is 0.412. The number of aromatic hydroxyl groups is 1. The van der Waals surface area contributed by atoms with E-state index in [0.717, 1.165) is 17.1 Å². The summed E-state index contributed by atoms with van der Waals surface area (Å²) in [5.74, 6) is 1.27. The smallest absolute Gasteiger partial charge is 0.325 e. The van der Waals surface area contributed by atoms with Crippen LogP contribution in [0.3, 0.4) is 0 Å². The van der Waals surface area contributed by atoms with Crippen LogP contribution in [-0.2, 0) is 0 Å². The molecular formula is C20H17N5O2. The van der Waals surface area contributed by atoms with Gasteiger partial charge in [0.2, 0.25) is 5.88 Å². The zero-order valence-electron chi connectivity index (χ0n) is 14.9. The van der Waals surface area contributed by atoms with Crippen LogP contribution in [0.4, 0.5) is 11.5 Å². The van der Waals surface area contributed by atoms with E-state index in [2.05, 4.69) is 19.9 Å². The predicted molar refractivity (Wildman–Crippen MR) is 103 cm³/mol. The number of anilines is 2. The van der Waals surface area contributed by atoms with Crippen molar-refractivity contribution in [1.82, 2.24) is 19.9 Å². The first-order valence-corrected chi connectivity index (χ1v) is 8.35. The highest BCUT2D eigenvalue weighted by atomic mass is 16.5. The fourth-order valence-corrected chi connectivity index (χ4v) is 2.62. The first-order valence-electron chi connectivity index (χ1n) is 8.35. The molecule has 7 heteroatoms. The van der Waals surface area contributed by atoms with Gasteiger partial charge in [0.25, 0.3) is 0 Å². The maximum Gasteiger partial charge on any atom is 0.325 e. The van der Waals surface area contributed by atoms with Gasteiger partial charge in [-0.15, -0.1) is 0 Å². The number of aryl methyl sites for hydroxylation is 1. The zero-order valence-corrected chi connectivity index (χ0v) is 14.9. The van der Waals surface area contributed by atoms with Gasteiger partial charge in [0, 0.05) is 25.1 Å². The molecular weight excluding hydrogens is 342 g/mol. The standard InChI is InChI=1S/C20H17N5O2/c1-13-3-8-18(22-11-13)25(2)14-4-6-15(7-5-14)27-20-23-17-12-21-10-9-16(17)19(26)24-20/h3-12H,1-2H3,(H,23,24,26). The van der Waals surface area contributed by atoms with Crippen LogP contribution in [0, 0.1) is 6.92 Å². The number of ether oxygens (including phenoxy) is 1. The Labute approximate surface area is 156 Å². The van der Waals surface area contributed by atoms with Crippen LogP contribution >= 0.6 is 0 Å². The van der Waals surface area contributed by atoms with E-state index in [9.17, 15) is 5.11 Å². The van der Waals surface area contributed by atoms with Gasteiger partial charge in [-0.25, -0.2) is 4.98 Å². The molecule has 1 aromatic carbocycles. The van der Waals surface area contributed by atoms with Crippen LogP contribution in [0.2, 0.25) is 0 Å².